The Hall–Kier alpha value is -1.71. The smallest absolute Gasteiger partial charge is 0.167 e. The molecule has 3 heteroatoms. The number of aryl methyl sites for hydroxylation is 2. The summed E-state index contributed by atoms with van der Waals surface area (Å²) in [7, 11) is 1.64. The summed E-state index contributed by atoms with van der Waals surface area (Å²) in [5, 5.41) is 0. The van der Waals surface area contributed by atoms with E-state index in [1.807, 2.05) is 0 Å². The van der Waals surface area contributed by atoms with Crippen LogP contribution in [0.5, 0.6) is 5.75 Å². The third-order valence-electron chi connectivity index (χ3n) is 3.83. The largest absolute Gasteiger partial charge is 1.00 e. The minimum absolute atomic E-state index is 0. The zero-order chi connectivity index (χ0) is 16.2. The van der Waals surface area contributed by atoms with Crippen molar-refractivity contribution < 1.29 is 21.7 Å². The molecule has 0 N–H and O–H groups in total. The molecule has 0 saturated heterocycles. The van der Waals surface area contributed by atoms with Gasteiger partial charge in [0.2, 0.25) is 0 Å². The van der Waals surface area contributed by atoms with Gasteiger partial charge in [-0.1, -0.05) is 36.4 Å². The Kier molecular flexibility index (Phi) is 6.52. The Bertz CT molecular complexity index is 725. The van der Waals surface area contributed by atoms with Crippen LogP contribution in [0.25, 0.3) is 0 Å². The Labute approximate surface area is 157 Å². The van der Waals surface area contributed by atoms with Crippen LogP contribution in [0.4, 0.5) is 0 Å². The van der Waals surface area contributed by atoms with Gasteiger partial charge in [0.15, 0.2) is 14.7 Å². The van der Waals surface area contributed by atoms with Gasteiger partial charge in [-0.05, 0) is 49.2 Å². The van der Waals surface area contributed by atoms with Gasteiger partial charge in [0.05, 0.1) is 18.0 Å². The third-order valence-corrected chi connectivity index (χ3v) is 6.03. The van der Waals surface area contributed by atoms with Crippen LogP contribution in [0.15, 0.2) is 87.5 Å². The topological polar surface area (TPSA) is 9.23 Å². The zero-order valence-electron chi connectivity index (χ0n) is 14.1. The van der Waals surface area contributed by atoms with Gasteiger partial charge in [-0.15, -0.1) is 0 Å². The minimum Gasteiger partial charge on any atom is -1.00 e. The summed E-state index contributed by atoms with van der Waals surface area (Å²) in [5.41, 5.74) is 2.37. The highest BCUT2D eigenvalue weighted by atomic mass is 79.9. The molecule has 0 aliphatic heterocycles. The van der Waals surface area contributed by atoms with Gasteiger partial charge < -0.3 is 21.7 Å². The van der Waals surface area contributed by atoms with Crippen molar-refractivity contribution in [3.63, 3.8) is 0 Å². The van der Waals surface area contributed by atoms with Crippen molar-refractivity contribution >= 4 is 10.9 Å². The number of ether oxygens (including phenoxy) is 1. The van der Waals surface area contributed by atoms with Crippen LogP contribution in [0, 0.1) is 13.8 Å². The van der Waals surface area contributed by atoms with Gasteiger partial charge in [0.25, 0.3) is 0 Å². The van der Waals surface area contributed by atoms with Gasteiger partial charge in [-0.2, -0.15) is 0 Å². The lowest BCUT2D eigenvalue weighted by Crippen LogP contribution is -3.00. The van der Waals surface area contributed by atoms with Crippen LogP contribution in [-0.2, 0) is 10.9 Å². The van der Waals surface area contributed by atoms with E-state index in [2.05, 4.69) is 86.6 Å². The predicted octanol–water partition coefficient (Wildman–Crippen LogP) is 2.41. The molecule has 124 valence electrons. The Morgan fingerprint density at radius 2 is 1.08 bits per heavy atom. The van der Waals surface area contributed by atoms with Crippen LogP contribution in [0.3, 0.4) is 0 Å². The second-order valence-electron chi connectivity index (χ2n) is 5.52. The van der Waals surface area contributed by atoms with Crippen molar-refractivity contribution in [3.05, 3.63) is 83.9 Å². The van der Waals surface area contributed by atoms with Crippen molar-refractivity contribution in [1.29, 1.82) is 0 Å². The fourth-order valence-electron chi connectivity index (χ4n) is 2.87. The van der Waals surface area contributed by atoms with E-state index in [1.165, 1.54) is 25.8 Å². The standard InChI is InChI=1S/C21H21OS.BrH/c1-16-14-20(15-17(2)21(16)22-3)23(18-10-6-4-7-11-18)19-12-8-5-9-13-19;/h4-15H,1-3H3;1H/q+1;/p-1. The molecule has 0 fully saturated rings. The quantitative estimate of drug-likeness (QED) is 0.611. The molecule has 0 unspecified atom stereocenters. The molecule has 3 aromatic rings. The molecule has 0 atom stereocenters. The molecule has 0 heterocycles. The molecule has 0 spiro atoms. The van der Waals surface area contributed by atoms with E-state index < -0.39 is 0 Å². The van der Waals surface area contributed by atoms with Gasteiger partial charge in [-0.25, -0.2) is 0 Å². The summed E-state index contributed by atoms with van der Waals surface area (Å²) in [6.45, 7) is 4.24. The molecule has 0 saturated carbocycles. The third kappa shape index (κ3) is 3.85. The van der Waals surface area contributed by atoms with E-state index in [1.54, 1.807) is 7.11 Å². The van der Waals surface area contributed by atoms with Gasteiger partial charge >= 0.3 is 0 Å². The fourth-order valence-corrected chi connectivity index (χ4v) is 5.14. The Morgan fingerprint density at radius 3 is 1.46 bits per heavy atom. The normalized spacial score (nSPS) is 10.3. The summed E-state index contributed by atoms with van der Waals surface area (Å²) < 4.78 is 5.52. The summed E-state index contributed by atoms with van der Waals surface area (Å²) in [6.07, 6.45) is 0. The summed E-state index contributed by atoms with van der Waals surface area (Å²) >= 11 is 0. The van der Waals surface area contributed by atoms with E-state index in [0.717, 1.165) is 5.75 Å². The van der Waals surface area contributed by atoms with Crippen LogP contribution < -0.4 is 21.7 Å². The molecule has 0 amide bonds. The van der Waals surface area contributed by atoms with Gasteiger partial charge in [0.1, 0.15) is 5.75 Å². The first-order chi connectivity index (χ1) is 11.2. The molecular weight excluding hydrogens is 380 g/mol. The number of hydrogen-bond acceptors (Lipinski definition) is 1. The highest BCUT2D eigenvalue weighted by molar-refractivity contribution is 7.97. The number of methoxy groups -OCH3 is 1. The molecule has 0 bridgehead atoms. The Morgan fingerprint density at radius 1 is 0.667 bits per heavy atom. The van der Waals surface area contributed by atoms with Crippen LogP contribution in [0.1, 0.15) is 11.1 Å². The van der Waals surface area contributed by atoms with Crippen LogP contribution in [-0.4, -0.2) is 7.11 Å². The zero-order valence-corrected chi connectivity index (χ0v) is 16.5. The molecule has 1 nitrogen and oxygen atoms in total. The van der Waals surface area contributed by atoms with E-state index in [0.29, 0.717) is 0 Å². The van der Waals surface area contributed by atoms with Crippen LogP contribution in [0.2, 0.25) is 0 Å². The second-order valence-corrected chi connectivity index (χ2v) is 7.55. The fraction of sp³-hybridized carbons (Fsp3) is 0.143. The minimum atomic E-state index is -0.101. The lowest BCUT2D eigenvalue weighted by molar-refractivity contribution is -0.00000496. The van der Waals surface area contributed by atoms with Crippen LogP contribution >= 0.6 is 0 Å². The maximum atomic E-state index is 5.52. The first-order valence-electron chi connectivity index (χ1n) is 7.70. The second kappa shape index (κ2) is 8.41. The molecule has 3 aromatic carbocycles. The average molecular weight is 401 g/mol. The average Bonchev–Trinajstić information content (AvgIpc) is 2.57. The van der Waals surface area contributed by atoms with Gasteiger partial charge in [0, 0.05) is 12.1 Å². The highest BCUT2D eigenvalue weighted by Gasteiger charge is 2.29. The molecule has 3 rings (SSSR count). The van der Waals surface area contributed by atoms with Crippen molar-refractivity contribution in [2.24, 2.45) is 0 Å². The predicted molar refractivity (Wildman–Crippen MR) is 97.5 cm³/mol. The number of rotatable bonds is 4. The monoisotopic (exact) mass is 400 g/mol. The maximum Gasteiger partial charge on any atom is 0.167 e. The summed E-state index contributed by atoms with van der Waals surface area (Å²) in [6, 6.07) is 26.0. The molecule has 24 heavy (non-hydrogen) atoms. The van der Waals surface area contributed by atoms with Gasteiger partial charge in [-0.3, -0.25) is 0 Å². The molecule has 0 aliphatic carbocycles. The molecular formula is C21H21BrOS. The number of benzene rings is 3. The van der Waals surface area contributed by atoms with E-state index in [4.69, 9.17) is 4.74 Å². The lowest BCUT2D eigenvalue weighted by Gasteiger charge is -2.12. The van der Waals surface area contributed by atoms with E-state index >= 15 is 0 Å². The van der Waals surface area contributed by atoms with Crippen molar-refractivity contribution in [2.45, 2.75) is 28.5 Å². The maximum absolute atomic E-state index is 5.52. The van der Waals surface area contributed by atoms with E-state index in [9.17, 15) is 0 Å². The van der Waals surface area contributed by atoms with Crippen molar-refractivity contribution in [1.82, 2.24) is 0 Å². The first kappa shape index (κ1) is 18.6. The van der Waals surface area contributed by atoms with Crippen molar-refractivity contribution in [3.8, 4) is 5.75 Å². The molecule has 0 aliphatic rings. The summed E-state index contributed by atoms with van der Waals surface area (Å²) in [5.74, 6) is 0.985. The molecule has 0 aromatic heterocycles. The summed E-state index contributed by atoms with van der Waals surface area (Å²) in [4.78, 5) is 4.00. The lowest BCUT2D eigenvalue weighted by atomic mass is 10.1. The van der Waals surface area contributed by atoms with E-state index in [-0.39, 0.29) is 27.9 Å². The van der Waals surface area contributed by atoms with Crippen molar-refractivity contribution in [2.75, 3.05) is 7.11 Å². The Balaban J connectivity index is 0.00000208. The molecule has 0 radical (unpaired) electrons. The SMILES string of the molecule is COc1c(C)cc([S+](c2ccccc2)c2ccccc2)cc1C.[Br-]. The number of hydrogen-bond donors (Lipinski definition) is 0. The number of halogens is 1. The highest BCUT2D eigenvalue weighted by Crippen LogP contribution is 2.35. The first-order valence-corrected chi connectivity index (χ1v) is 8.93.